The molecule has 0 atom stereocenters. The van der Waals surface area contributed by atoms with Gasteiger partial charge in [0.25, 0.3) is 0 Å². The number of aryl methyl sites for hydroxylation is 2. The Hall–Kier alpha value is -1.80. The Bertz CT molecular complexity index is 717. The summed E-state index contributed by atoms with van der Waals surface area (Å²) in [5, 5.41) is 0. The van der Waals surface area contributed by atoms with E-state index in [4.69, 9.17) is 9.47 Å². The molecule has 134 valence electrons. The summed E-state index contributed by atoms with van der Waals surface area (Å²) in [5.41, 5.74) is 1.86. The zero-order valence-electron chi connectivity index (χ0n) is 14.5. The number of ether oxygens (including phenoxy) is 2. The van der Waals surface area contributed by atoms with Gasteiger partial charge in [-0.2, -0.15) is 4.31 Å². The number of carbonyl (C=O) groups is 1. The average molecular weight is 356 g/mol. The van der Waals surface area contributed by atoms with E-state index in [-0.39, 0.29) is 11.4 Å². The first-order valence-corrected chi connectivity index (χ1v) is 9.23. The number of carbonyl (C=O) groups excluding carboxylic acids is 1. The van der Waals surface area contributed by atoms with Crippen molar-refractivity contribution in [1.29, 1.82) is 0 Å². The second-order valence-electron chi connectivity index (χ2n) is 5.80. The van der Waals surface area contributed by atoms with Crippen molar-refractivity contribution in [3.8, 4) is 5.75 Å². The first kappa shape index (κ1) is 18.5. The molecule has 8 heteroatoms. The summed E-state index contributed by atoms with van der Waals surface area (Å²) in [5.74, 6) is 0.340. The van der Waals surface area contributed by atoms with Crippen LogP contribution in [0, 0.1) is 13.8 Å². The van der Waals surface area contributed by atoms with Crippen molar-refractivity contribution < 1.29 is 22.7 Å². The van der Waals surface area contributed by atoms with Gasteiger partial charge in [0.15, 0.2) is 0 Å². The van der Waals surface area contributed by atoms with Crippen LogP contribution in [0.15, 0.2) is 17.0 Å². The smallest absolute Gasteiger partial charge is 0.409 e. The molecule has 0 radical (unpaired) electrons. The predicted octanol–water partition coefficient (Wildman–Crippen LogP) is 1.77. The molecule has 0 saturated carbocycles. The summed E-state index contributed by atoms with van der Waals surface area (Å²) >= 11 is 0. The van der Waals surface area contributed by atoms with E-state index < -0.39 is 16.1 Å². The molecule has 0 bridgehead atoms. The van der Waals surface area contributed by atoms with Crippen LogP contribution in [-0.4, -0.2) is 64.1 Å². The molecular formula is C16H24N2O5S. The number of methoxy groups -OCH3 is 2. The molecular weight excluding hydrogens is 332 g/mol. The van der Waals surface area contributed by atoms with E-state index in [9.17, 15) is 13.2 Å². The van der Waals surface area contributed by atoms with E-state index in [1.807, 2.05) is 13.8 Å². The number of rotatable bonds is 3. The van der Waals surface area contributed by atoms with E-state index >= 15 is 0 Å². The van der Waals surface area contributed by atoms with Crippen LogP contribution in [0.5, 0.6) is 5.75 Å². The summed E-state index contributed by atoms with van der Waals surface area (Å²) in [4.78, 5) is 13.3. The van der Waals surface area contributed by atoms with Gasteiger partial charge in [-0.05, 0) is 43.5 Å². The zero-order valence-corrected chi connectivity index (χ0v) is 15.4. The SMILES string of the molecule is COC(=O)N1CCCN(S(=O)(=O)c2cc(C)c(C)cc2OC)CC1. The van der Waals surface area contributed by atoms with Crippen molar-refractivity contribution in [3.05, 3.63) is 23.3 Å². The lowest BCUT2D eigenvalue weighted by molar-refractivity contribution is 0.126. The normalized spacial score (nSPS) is 16.6. The molecule has 1 aliphatic rings. The van der Waals surface area contributed by atoms with E-state index in [2.05, 4.69) is 0 Å². The maximum absolute atomic E-state index is 13.0. The maximum Gasteiger partial charge on any atom is 0.409 e. The molecule has 1 heterocycles. The highest BCUT2D eigenvalue weighted by Crippen LogP contribution is 2.30. The fourth-order valence-corrected chi connectivity index (χ4v) is 4.40. The Morgan fingerprint density at radius 1 is 1.04 bits per heavy atom. The van der Waals surface area contributed by atoms with Crippen LogP contribution in [0.2, 0.25) is 0 Å². The fourth-order valence-electron chi connectivity index (χ4n) is 2.71. The molecule has 1 fully saturated rings. The van der Waals surface area contributed by atoms with Crippen LogP contribution in [-0.2, 0) is 14.8 Å². The van der Waals surface area contributed by atoms with Crippen molar-refractivity contribution in [1.82, 2.24) is 9.21 Å². The molecule has 1 aromatic rings. The standard InChI is InChI=1S/C16H24N2O5S/c1-12-10-14(22-3)15(11-13(12)2)24(20,21)18-7-5-6-17(8-9-18)16(19)23-4/h10-11H,5-9H2,1-4H3. The first-order valence-electron chi connectivity index (χ1n) is 7.79. The van der Waals surface area contributed by atoms with E-state index in [1.165, 1.54) is 23.4 Å². The molecule has 1 aliphatic heterocycles. The molecule has 0 aromatic heterocycles. The number of nitrogens with zero attached hydrogens (tertiary/aromatic N) is 2. The topological polar surface area (TPSA) is 76.2 Å². The Kier molecular flexibility index (Phi) is 5.71. The summed E-state index contributed by atoms with van der Waals surface area (Å²) in [7, 11) is -0.910. The highest BCUT2D eigenvalue weighted by atomic mass is 32.2. The summed E-state index contributed by atoms with van der Waals surface area (Å²) in [6.07, 6.45) is 0.125. The molecule has 2 rings (SSSR count). The highest BCUT2D eigenvalue weighted by molar-refractivity contribution is 7.89. The van der Waals surface area contributed by atoms with Crippen molar-refractivity contribution in [3.63, 3.8) is 0 Å². The van der Waals surface area contributed by atoms with Crippen LogP contribution in [0.3, 0.4) is 0 Å². The number of sulfonamides is 1. The van der Waals surface area contributed by atoms with Crippen LogP contribution >= 0.6 is 0 Å². The molecule has 1 saturated heterocycles. The lowest BCUT2D eigenvalue weighted by Crippen LogP contribution is -2.37. The van der Waals surface area contributed by atoms with Crippen molar-refractivity contribution in [2.45, 2.75) is 25.2 Å². The van der Waals surface area contributed by atoms with Gasteiger partial charge in [-0.15, -0.1) is 0 Å². The molecule has 0 spiro atoms. The first-order chi connectivity index (χ1) is 11.3. The quantitative estimate of drug-likeness (QED) is 0.825. The van der Waals surface area contributed by atoms with Crippen molar-refractivity contribution >= 4 is 16.1 Å². The fraction of sp³-hybridized carbons (Fsp3) is 0.562. The average Bonchev–Trinajstić information content (AvgIpc) is 2.82. The van der Waals surface area contributed by atoms with Gasteiger partial charge < -0.3 is 14.4 Å². The van der Waals surface area contributed by atoms with Gasteiger partial charge >= 0.3 is 6.09 Å². The molecule has 0 aliphatic carbocycles. The number of benzene rings is 1. The lowest BCUT2D eigenvalue weighted by atomic mass is 10.1. The van der Waals surface area contributed by atoms with Gasteiger partial charge in [0, 0.05) is 26.2 Å². The van der Waals surface area contributed by atoms with E-state index in [1.54, 1.807) is 12.1 Å². The number of amides is 1. The van der Waals surface area contributed by atoms with Gasteiger partial charge in [0.1, 0.15) is 10.6 Å². The minimum atomic E-state index is -3.69. The highest BCUT2D eigenvalue weighted by Gasteiger charge is 2.31. The summed E-state index contributed by atoms with van der Waals surface area (Å²) < 4.78 is 37.5. The van der Waals surface area contributed by atoms with E-state index in [0.29, 0.717) is 31.8 Å². The van der Waals surface area contributed by atoms with Gasteiger partial charge in [-0.1, -0.05) is 0 Å². The monoisotopic (exact) mass is 356 g/mol. The predicted molar refractivity (Wildman–Crippen MR) is 89.8 cm³/mol. The Morgan fingerprint density at radius 2 is 1.71 bits per heavy atom. The third-order valence-corrected chi connectivity index (χ3v) is 6.21. The van der Waals surface area contributed by atoms with E-state index in [0.717, 1.165) is 11.1 Å². The van der Waals surface area contributed by atoms with Crippen molar-refractivity contribution in [2.75, 3.05) is 40.4 Å². The molecule has 0 unspecified atom stereocenters. The van der Waals surface area contributed by atoms with Crippen LogP contribution in [0.1, 0.15) is 17.5 Å². The Balaban J connectivity index is 2.31. The largest absolute Gasteiger partial charge is 0.495 e. The maximum atomic E-state index is 13.0. The Morgan fingerprint density at radius 3 is 2.33 bits per heavy atom. The Labute approximate surface area is 143 Å². The third kappa shape index (κ3) is 3.64. The minimum absolute atomic E-state index is 0.166. The van der Waals surface area contributed by atoms with Gasteiger partial charge in [-0.25, -0.2) is 13.2 Å². The van der Waals surface area contributed by atoms with Crippen LogP contribution in [0.4, 0.5) is 4.79 Å². The summed E-state index contributed by atoms with van der Waals surface area (Å²) in [6.45, 7) is 5.14. The number of hydrogen-bond acceptors (Lipinski definition) is 5. The van der Waals surface area contributed by atoms with Crippen LogP contribution < -0.4 is 4.74 Å². The zero-order chi connectivity index (χ0) is 17.9. The molecule has 0 N–H and O–H groups in total. The lowest BCUT2D eigenvalue weighted by Gasteiger charge is -2.22. The molecule has 24 heavy (non-hydrogen) atoms. The minimum Gasteiger partial charge on any atom is -0.495 e. The molecule has 1 aromatic carbocycles. The van der Waals surface area contributed by atoms with Gasteiger partial charge in [-0.3, -0.25) is 0 Å². The second-order valence-corrected chi connectivity index (χ2v) is 7.71. The van der Waals surface area contributed by atoms with Gasteiger partial charge in [0.2, 0.25) is 10.0 Å². The third-order valence-electron chi connectivity index (χ3n) is 4.29. The van der Waals surface area contributed by atoms with Gasteiger partial charge in [0.05, 0.1) is 14.2 Å². The summed E-state index contributed by atoms with van der Waals surface area (Å²) in [6, 6.07) is 3.38. The molecule has 7 nitrogen and oxygen atoms in total. The second kappa shape index (κ2) is 7.40. The van der Waals surface area contributed by atoms with Crippen molar-refractivity contribution in [2.24, 2.45) is 0 Å². The number of hydrogen-bond donors (Lipinski definition) is 0. The molecule has 1 amide bonds. The van der Waals surface area contributed by atoms with Crippen LogP contribution in [0.25, 0.3) is 0 Å².